The van der Waals surface area contributed by atoms with Crippen molar-refractivity contribution in [1.29, 1.82) is 0 Å². The third kappa shape index (κ3) is 4.79. The number of likely N-dealkylation sites (tertiary alicyclic amines) is 1. The van der Waals surface area contributed by atoms with Crippen molar-refractivity contribution in [3.8, 4) is 17.0 Å². The van der Waals surface area contributed by atoms with E-state index in [0.29, 0.717) is 48.1 Å². The van der Waals surface area contributed by atoms with Gasteiger partial charge in [-0.1, -0.05) is 29.8 Å². The highest BCUT2D eigenvalue weighted by Gasteiger charge is 2.44. The summed E-state index contributed by atoms with van der Waals surface area (Å²) in [6.45, 7) is 2.54. The van der Waals surface area contributed by atoms with Crippen LogP contribution in [0.3, 0.4) is 0 Å². The zero-order valence-corrected chi connectivity index (χ0v) is 22.9. The van der Waals surface area contributed by atoms with Crippen LogP contribution in [0.4, 0.5) is 13.2 Å². The maximum atomic E-state index is 13.5. The van der Waals surface area contributed by atoms with Crippen molar-refractivity contribution in [2.24, 2.45) is 13.0 Å². The van der Waals surface area contributed by atoms with Crippen LogP contribution in [0.2, 0.25) is 5.02 Å². The molecule has 0 spiro atoms. The minimum atomic E-state index is -4.54. The van der Waals surface area contributed by atoms with E-state index in [1.165, 1.54) is 26.2 Å². The number of carbonyl (C=O) groups is 1. The number of aryl methyl sites for hydroxylation is 1. The van der Waals surface area contributed by atoms with Gasteiger partial charge in [0, 0.05) is 38.4 Å². The lowest BCUT2D eigenvalue weighted by Crippen LogP contribution is -2.46. The summed E-state index contributed by atoms with van der Waals surface area (Å²) in [5.74, 6) is -0.172. The Bertz CT molecular complexity index is 1580. The van der Waals surface area contributed by atoms with Gasteiger partial charge in [-0.15, -0.1) is 0 Å². The number of carbonyl (C=O) groups excluding carboxylic acids is 1. The van der Waals surface area contributed by atoms with E-state index in [2.05, 4.69) is 9.97 Å². The predicted molar refractivity (Wildman–Crippen MR) is 145 cm³/mol. The van der Waals surface area contributed by atoms with Crippen molar-refractivity contribution < 1.29 is 27.8 Å². The largest absolute Gasteiger partial charge is 0.480 e. The molecule has 4 aromatic rings. The number of hydrogen-bond donors (Lipinski definition) is 1. The highest BCUT2D eigenvalue weighted by molar-refractivity contribution is 6.38. The quantitative estimate of drug-likeness (QED) is 0.326. The van der Waals surface area contributed by atoms with Crippen molar-refractivity contribution in [1.82, 2.24) is 19.4 Å². The molecule has 210 valence electrons. The van der Waals surface area contributed by atoms with Crippen LogP contribution < -0.4 is 4.74 Å². The monoisotopic (exact) mass is 572 g/mol. The smallest absolute Gasteiger partial charge is 0.416 e. The molecule has 11 heteroatoms. The van der Waals surface area contributed by atoms with E-state index in [1.54, 1.807) is 47.2 Å². The molecule has 1 amide bonds. The molecular formula is C29H28ClF3N4O3. The molecule has 0 radical (unpaired) electrons. The van der Waals surface area contributed by atoms with E-state index >= 15 is 0 Å². The molecule has 1 atom stereocenters. The van der Waals surface area contributed by atoms with Gasteiger partial charge in [0.25, 0.3) is 0 Å². The van der Waals surface area contributed by atoms with Gasteiger partial charge in [-0.05, 0) is 48.2 Å². The molecule has 40 heavy (non-hydrogen) atoms. The topological polar surface area (TPSA) is 80.5 Å². The van der Waals surface area contributed by atoms with Crippen LogP contribution in [0.15, 0.2) is 55.0 Å². The average Bonchev–Trinajstić information content (AvgIpc) is 3.38. The molecule has 2 aromatic heterocycles. The number of amides is 1. The summed E-state index contributed by atoms with van der Waals surface area (Å²) in [6, 6.07) is 10.0. The third-order valence-electron chi connectivity index (χ3n) is 7.74. The number of imidazole rings is 1. The zero-order chi connectivity index (χ0) is 28.8. The Morgan fingerprint density at radius 3 is 2.45 bits per heavy atom. The second-order valence-corrected chi connectivity index (χ2v) is 10.4. The third-order valence-corrected chi connectivity index (χ3v) is 8.13. The van der Waals surface area contributed by atoms with E-state index in [0.717, 1.165) is 12.1 Å². The van der Waals surface area contributed by atoms with E-state index in [4.69, 9.17) is 16.3 Å². The molecule has 0 bridgehead atoms. The fourth-order valence-corrected chi connectivity index (χ4v) is 5.96. The van der Waals surface area contributed by atoms with Crippen molar-refractivity contribution in [2.75, 3.05) is 20.2 Å². The second-order valence-electron chi connectivity index (χ2n) is 10.1. The SMILES string of the molecule is COc1nc2ccc(C(O)(c3cncn3C)C3CCN(C(C)=O)CC3)cc2c(Cl)c1-c1cccc(C(F)(F)F)c1. The summed E-state index contributed by atoms with van der Waals surface area (Å²) in [4.78, 5) is 22.4. The number of ether oxygens (including phenoxy) is 1. The summed E-state index contributed by atoms with van der Waals surface area (Å²) in [5, 5.41) is 13.1. The summed E-state index contributed by atoms with van der Waals surface area (Å²) < 4.78 is 47.6. The molecule has 1 aliphatic heterocycles. The van der Waals surface area contributed by atoms with E-state index in [1.807, 2.05) is 0 Å². The Morgan fingerprint density at radius 1 is 1.12 bits per heavy atom. The van der Waals surface area contributed by atoms with Crippen molar-refractivity contribution >= 4 is 28.4 Å². The fraction of sp³-hybridized carbons (Fsp3) is 0.345. The maximum Gasteiger partial charge on any atom is 0.416 e. The molecular weight excluding hydrogens is 545 g/mol. The molecule has 5 rings (SSSR count). The number of pyridine rings is 1. The Balaban J connectivity index is 1.68. The predicted octanol–water partition coefficient (Wildman–Crippen LogP) is 5.81. The molecule has 1 aliphatic rings. The lowest BCUT2D eigenvalue weighted by molar-refractivity contribution is -0.137. The van der Waals surface area contributed by atoms with Gasteiger partial charge in [0.15, 0.2) is 0 Å². The zero-order valence-electron chi connectivity index (χ0n) is 22.2. The number of hydrogen-bond acceptors (Lipinski definition) is 5. The Labute approximate surface area is 234 Å². The van der Waals surface area contributed by atoms with Gasteiger partial charge in [-0.25, -0.2) is 9.97 Å². The van der Waals surface area contributed by atoms with Crippen LogP contribution in [-0.4, -0.2) is 50.6 Å². The van der Waals surface area contributed by atoms with E-state index in [-0.39, 0.29) is 33.9 Å². The second kappa shape index (κ2) is 10.4. The number of benzene rings is 2. The molecule has 7 nitrogen and oxygen atoms in total. The van der Waals surface area contributed by atoms with Crippen LogP contribution >= 0.6 is 11.6 Å². The summed E-state index contributed by atoms with van der Waals surface area (Å²) in [7, 11) is 3.18. The standard InChI is InChI=1S/C29H28ClF3N4O3/c1-17(38)37-11-9-19(10-12-37)28(39,24-15-34-16-36(24)2)20-7-8-23-22(14-20)26(30)25(27(35-23)40-3)18-5-4-6-21(13-18)29(31,32)33/h4-8,13-16,19,39H,9-12H2,1-3H3. The number of halogens is 4. The molecule has 0 aliphatic carbocycles. The molecule has 1 N–H and O–H groups in total. The van der Waals surface area contributed by atoms with Crippen LogP contribution in [-0.2, 0) is 23.6 Å². The number of nitrogens with zero attached hydrogens (tertiary/aromatic N) is 4. The van der Waals surface area contributed by atoms with Crippen molar-refractivity contribution in [3.05, 3.63) is 76.8 Å². The minimum absolute atomic E-state index is 0.0119. The highest BCUT2D eigenvalue weighted by atomic mass is 35.5. The number of methoxy groups -OCH3 is 1. The van der Waals surface area contributed by atoms with Gasteiger partial charge in [0.05, 0.1) is 47.0 Å². The van der Waals surface area contributed by atoms with Crippen LogP contribution in [0, 0.1) is 5.92 Å². The first-order chi connectivity index (χ1) is 18.9. The number of rotatable bonds is 5. The highest BCUT2D eigenvalue weighted by Crippen LogP contribution is 2.46. The molecule has 0 saturated carbocycles. The fourth-order valence-electron chi connectivity index (χ4n) is 5.62. The van der Waals surface area contributed by atoms with Gasteiger partial charge in [-0.3, -0.25) is 4.79 Å². The first-order valence-corrected chi connectivity index (χ1v) is 13.1. The minimum Gasteiger partial charge on any atom is -0.480 e. The van der Waals surface area contributed by atoms with Gasteiger partial charge in [-0.2, -0.15) is 13.2 Å². The first kappa shape index (κ1) is 27.9. The van der Waals surface area contributed by atoms with Crippen molar-refractivity contribution in [2.45, 2.75) is 31.5 Å². The summed E-state index contributed by atoms with van der Waals surface area (Å²) >= 11 is 6.90. The number of alkyl halides is 3. The Morgan fingerprint density at radius 2 is 1.85 bits per heavy atom. The number of fused-ring (bicyclic) bond motifs is 1. The van der Waals surface area contributed by atoms with E-state index in [9.17, 15) is 23.1 Å². The summed E-state index contributed by atoms with van der Waals surface area (Å²) in [6.07, 6.45) is -0.196. The van der Waals surface area contributed by atoms with Crippen LogP contribution in [0.1, 0.15) is 36.6 Å². The average molecular weight is 573 g/mol. The van der Waals surface area contributed by atoms with Crippen LogP contribution in [0.25, 0.3) is 22.0 Å². The lowest BCUT2D eigenvalue weighted by atomic mass is 9.73. The molecule has 1 saturated heterocycles. The van der Waals surface area contributed by atoms with Gasteiger partial charge < -0.3 is 19.3 Å². The van der Waals surface area contributed by atoms with Gasteiger partial charge >= 0.3 is 6.18 Å². The van der Waals surface area contributed by atoms with Gasteiger partial charge in [0.1, 0.15) is 5.60 Å². The van der Waals surface area contributed by atoms with E-state index < -0.39 is 17.3 Å². The number of aliphatic hydroxyl groups is 1. The number of piperidine rings is 1. The molecule has 3 heterocycles. The van der Waals surface area contributed by atoms with Crippen molar-refractivity contribution in [3.63, 3.8) is 0 Å². The normalized spacial score (nSPS) is 16.2. The first-order valence-electron chi connectivity index (χ1n) is 12.7. The lowest BCUT2D eigenvalue weighted by Gasteiger charge is -2.42. The number of aromatic nitrogens is 3. The molecule has 1 fully saturated rings. The summed E-state index contributed by atoms with van der Waals surface area (Å²) in [5.41, 5.74) is -0.312. The molecule has 1 unspecified atom stereocenters. The van der Waals surface area contributed by atoms with Gasteiger partial charge in [0.2, 0.25) is 11.8 Å². The molecule has 2 aromatic carbocycles. The Kier molecular flexibility index (Phi) is 7.26. The Hall–Kier alpha value is -3.63. The van der Waals surface area contributed by atoms with Crippen LogP contribution in [0.5, 0.6) is 5.88 Å². The maximum absolute atomic E-state index is 13.5.